The predicted molar refractivity (Wildman–Crippen MR) is 261 cm³/mol. The van der Waals surface area contributed by atoms with Gasteiger partial charge in [-0.05, 0) is 83.0 Å². The number of carboxylic acid groups (broad SMARTS) is 1. The minimum Gasteiger partial charge on any atom is -0.778 e. The summed E-state index contributed by atoms with van der Waals surface area (Å²) in [6.07, 6.45) is 8.53. The van der Waals surface area contributed by atoms with Gasteiger partial charge in [0, 0.05) is 62.8 Å². The van der Waals surface area contributed by atoms with E-state index in [4.69, 9.17) is 40.6 Å². The minimum absolute atomic E-state index is 0.0605. The molecule has 0 radical (unpaired) electrons. The van der Waals surface area contributed by atoms with Gasteiger partial charge >= 0.3 is 22.8 Å². The predicted octanol–water partition coefficient (Wildman–Crippen LogP) is 6.38. The van der Waals surface area contributed by atoms with Gasteiger partial charge in [-0.15, -0.1) is 11.8 Å². The summed E-state index contributed by atoms with van der Waals surface area (Å²) >= 11 is 8.17. The average Bonchev–Trinajstić information content (AvgIpc) is 3.57. The number of urea groups is 1. The number of carbonyl (C=O) groups is 3. The molecule has 0 saturated carbocycles. The van der Waals surface area contributed by atoms with Gasteiger partial charge in [-0.2, -0.15) is 0 Å². The van der Waals surface area contributed by atoms with Crippen molar-refractivity contribution in [3.05, 3.63) is 85.5 Å². The topological polar surface area (TPSA) is 245 Å². The van der Waals surface area contributed by atoms with Gasteiger partial charge < -0.3 is 43.7 Å². The standard InChI is InChI=1S/C22H28N2O5.C15H15ClFN3O3S2.C3H8NO5P.C3H9S/c1-21(2)14-22(3,26-5)29-19-13-17(11-12-18(19)21)28-16-9-7-15(8-10-16)23-20(25)24(4)27-6;1-23-13(21)8-24-12-7-11(10(17)6-9(12)16)18-14-19-4-2-3-5-20(19)15(22)25-14;5-3(6)1-4-2-10(7,8)9;1-4(2)3/h7-13H,14H2,1-6H3,(H,23,25);6-7H,2-5,8H2,1H3;4H,1-2H2,(H,5,6)(H2,7,8,9);1-3H3/q;;;+1/p-1. The second-order valence-corrected chi connectivity index (χ2v) is 22.4. The Balaban J connectivity index is 0.000000284. The van der Waals surface area contributed by atoms with Gasteiger partial charge in [-0.25, -0.2) is 23.9 Å². The Morgan fingerprint density at radius 2 is 1.66 bits per heavy atom. The number of amides is 2. The van der Waals surface area contributed by atoms with Crippen molar-refractivity contribution < 1.29 is 62.0 Å². The smallest absolute Gasteiger partial charge is 0.345 e. The Kier molecular flexibility index (Phi) is 22.6. The molecule has 3 heterocycles. The van der Waals surface area contributed by atoms with Gasteiger partial charge in [0.1, 0.15) is 36.3 Å². The number of rotatable bonds is 13. The van der Waals surface area contributed by atoms with E-state index in [-0.39, 0.29) is 32.8 Å². The number of fused-ring (bicyclic) bond motifs is 2. The van der Waals surface area contributed by atoms with Gasteiger partial charge in [0.2, 0.25) is 10.6 Å². The number of benzene rings is 3. The third-order valence-corrected chi connectivity index (χ3v) is 12.3. The van der Waals surface area contributed by atoms with Crippen LogP contribution in [-0.4, -0.2) is 114 Å². The van der Waals surface area contributed by atoms with Gasteiger partial charge in [0.05, 0.1) is 56.6 Å². The number of nitrogens with zero attached hydrogens (tertiary/aromatic N) is 4. The van der Waals surface area contributed by atoms with Crippen molar-refractivity contribution in [1.29, 1.82) is 0 Å². The number of hydrogen-bond acceptors (Lipinski definition) is 15. The monoisotopic (exact) mass is 1050 g/mol. The fraction of sp³-hybridized carbons (Fsp3) is 0.465. The first kappa shape index (κ1) is 57.9. The first-order valence-electron chi connectivity index (χ1n) is 20.5. The van der Waals surface area contributed by atoms with Crippen LogP contribution in [0.3, 0.4) is 0 Å². The number of esters is 1. The second kappa shape index (κ2) is 26.5. The zero-order valence-corrected chi connectivity index (χ0v) is 43.6. The van der Waals surface area contributed by atoms with E-state index in [1.54, 1.807) is 40.7 Å². The Hall–Kier alpha value is -4.42. The SMILES string of the molecule is COC(=O)CSc1cc(N=c2sc(=O)n3n2CCCC3)c(F)cc1Cl.CON(C)C(=O)Nc1ccc(Oc2ccc3c(c2)OC(C)(OC)CC3(C)C)cc1.C[S+](C)C.O=C(O)CNCP(=O)([O-])O. The maximum atomic E-state index is 14.3. The summed E-state index contributed by atoms with van der Waals surface area (Å²) in [5.41, 5.74) is 1.77. The zero-order chi connectivity index (χ0) is 51.0. The molecule has 376 valence electrons. The number of carbonyl (C=O) groups excluding carboxylic acids is 2. The third-order valence-electron chi connectivity index (χ3n) is 9.37. The number of hydroxylamine groups is 2. The molecule has 0 fully saturated rings. The number of aliphatic carboxylic acids is 1. The lowest BCUT2D eigenvalue weighted by Gasteiger charge is -2.43. The average molecular weight is 1050 g/mol. The fourth-order valence-corrected chi connectivity index (χ4v) is 8.63. The molecule has 2 aliphatic rings. The molecule has 2 amide bonds. The van der Waals surface area contributed by atoms with Crippen LogP contribution in [-0.2, 0) is 57.9 Å². The molecule has 2 atom stereocenters. The summed E-state index contributed by atoms with van der Waals surface area (Å²) in [4.78, 5) is 72.9. The molecule has 4 aromatic rings. The third kappa shape index (κ3) is 18.8. The van der Waals surface area contributed by atoms with E-state index < -0.39 is 44.0 Å². The molecule has 25 heteroatoms. The Morgan fingerprint density at radius 1 is 1.04 bits per heavy atom. The summed E-state index contributed by atoms with van der Waals surface area (Å²) < 4.78 is 49.9. The molecule has 4 N–H and O–H groups in total. The largest absolute Gasteiger partial charge is 0.778 e. The number of ether oxygens (including phenoxy) is 4. The number of thioether (sulfide) groups is 1. The van der Waals surface area contributed by atoms with Crippen molar-refractivity contribution in [3.8, 4) is 17.2 Å². The number of anilines is 1. The van der Waals surface area contributed by atoms with Gasteiger partial charge in [0.25, 0.3) is 0 Å². The summed E-state index contributed by atoms with van der Waals surface area (Å²) in [5, 5.41) is 14.0. The fourth-order valence-electron chi connectivity index (χ4n) is 6.25. The Morgan fingerprint density at radius 3 is 2.24 bits per heavy atom. The van der Waals surface area contributed by atoms with Crippen LogP contribution >= 0.6 is 42.3 Å². The van der Waals surface area contributed by atoms with Gasteiger partial charge in [-0.1, -0.05) is 31.5 Å². The molecule has 1 aromatic heterocycles. The van der Waals surface area contributed by atoms with E-state index in [0.717, 1.165) is 64.8 Å². The summed E-state index contributed by atoms with van der Waals surface area (Å²) in [5.74, 6) is -0.705. The van der Waals surface area contributed by atoms with Gasteiger partial charge in [-0.3, -0.25) is 29.2 Å². The molecule has 6 rings (SSSR count). The quantitative estimate of drug-likeness (QED) is 0.0373. The number of aromatic nitrogens is 2. The molecular formula is C43H59ClFN6O13PS3. The first-order chi connectivity index (χ1) is 31.8. The van der Waals surface area contributed by atoms with Crippen LogP contribution in [0.1, 0.15) is 45.6 Å². The van der Waals surface area contributed by atoms with Gasteiger partial charge in [0.15, 0.2) is 0 Å². The lowest BCUT2D eigenvalue weighted by atomic mass is 9.76. The molecule has 0 spiro atoms. The molecule has 2 unspecified atom stereocenters. The van der Waals surface area contributed by atoms with Crippen LogP contribution in [0, 0.1) is 5.82 Å². The first-order valence-corrected chi connectivity index (χ1v) is 26.9. The lowest BCUT2D eigenvalue weighted by molar-refractivity contribution is -0.193. The second-order valence-electron chi connectivity index (χ2n) is 16.1. The highest BCUT2D eigenvalue weighted by atomic mass is 35.5. The van der Waals surface area contributed by atoms with Crippen molar-refractivity contribution in [2.75, 3.05) is 71.0 Å². The van der Waals surface area contributed by atoms with E-state index in [0.29, 0.717) is 50.9 Å². The zero-order valence-electron chi connectivity index (χ0n) is 39.5. The summed E-state index contributed by atoms with van der Waals surface area (Å²) in [6, 6.07) is 15.2. The maximum Gasteiger partial charge on any atom is 0.345 e. The van der Waals surface area contributed by atoms with Crippen molar-refractivity contribution in [3.63, 3.8) is 0 Å². The van der Waals surface area contributed by atoms with E-state index in [9.17, 15) is 33.0 Å². The van der Waals surface area contributed by atoms with Crippen molar-refractivity contribution in [1.82, 2.24) is 19.7 Å². The number of halogens is 2. The van der Waals surface area contributed by atoms with Crippen LogP contribution in [0.5, 0.6) is 17.2 Å². The van der Waals surface area contributed by atoms with Crippen molar-refractivity contribution >= 4 is 82.5 Å². The summed E-state index contributed by atoms with van der Waals surface area (Å²) in [6.45, 7) is 7.15. The molecule has 0 aliphatic carbocycles. The Labute approximate surface area is 410 Å². The van der Waals surface area contributed by atoms with Crippen molar-refractivity contribution in [2.45, 2.75) is 69.2 Å². The molecule has 2 aliphatic heterocycles. The minimum atomic E-state index is -4.35. The van der Waals surface area contributed by atoms with E-state index >= 15 is 0 Å². The maximum absolute atomic E-state index is 14.3. The van der Waals surface area contributed by atoms with Crippen molar-refractivity contribution in [2.24, 2.45) is 4.99 Å². The van der Waals surface area contributed by atoms with Crippen LogP contribution in [0.4, 0.5) is 20.6 Å². The highest BCUT2D eigenvalue weighted by Gasteiger charge is 2.42. The van der Waals surface area contributed by atoms with E-state index in [1.807, 2.05) is 30.4 Å². The molecular weight excluding hydrogens is 990 g/mol. The van der Waals surface area contributed by atoms with Crippen LogP contribution in [0.2, 0.25) is 5.02 Å². The number of methoxy groups -OCH3 is 2. The van der Waals surface area contributed by atoms with Crippen LogP contribution < -0.4 is 34.7 Å². The number of nitrogens with one attached hydrogen (secondary N) is 2. The summed E-state index contributed by atoms with van der Waals surface area (Å²) in [7, 11) is 2.20. The highest BCUT2D eigenvalue weighted by molar-refractivity contribution is 8.00. The molecule has 0 saturated heterocycles. The lowest BCUT2D eigenvalue weighted by Crippen LogP contribution is -2.45. The van der Waals surface area contributed by atoms with Crippen LogP contribution in [0.15, 0.2) is 69.3 Å². The Bertz CT molecular complexity index is 2520. The normalized spacial score (nSPS) is 16.6. The molecule has 0 bridgehead atoms. The number of hydrogen-bond donors (Lipinski definition) is 4. The highest BCUT2D eigenvalue weighted by Crippen LogP contribution is 2.46. The van der Waals surface area contributed by atoms with E-state index in [1.165, 1.54) is 27.3 Å². The van der Waals surface area contributed by atoms with Crippen LogP contribution in [0.25, 0.3) is 0 Å². The molecule has 19 nitrogen and oxygen atoms in total. The molecule has 68 heavy (non-hydrogen) atoms. The number of carboxylic acids is 1. The van der Waals surface area contributed by atoms with E-state index in [2.05, 4.69) is 47.7 Å². The molecule has 3 aromatic carbocycles.